The second-order valence-electron chi connectivity index (χ2n) is 3.13. The van der Waals surface area contributed by atoms with Crippen LogP contribution in [0.25, 0.3) is 0 Å². The van der Waals surface area contributed by atoms with E-state index in [1.807, 2.05) is 6.92 Å². The van der Waals surface area contributed by atoms with Gasteiger partial charge in [0.25, 0.3) is 0 Å². The highest BCUT2D eigenvalue weighted by atomic mass is 32.3. The van der Waals surface area contributed by atoms with Crippen molar-refractivity contribution in [3.05, 3.63) is 0 Å². The first kappa shape index (κ1) is 10.5. The van der Waals surface area contributed by atoms with Gasteiger partial charge in [0, 0.05) is 12.5 Å². The van der Waals surface area contributed by atoms with Crippen LogP contribution < -0.4 is 0 Å². The summed E-state index contributed by atoms with van der Waals surface area (Å²) in [5.41, 5.74) is 0. The van der Waals surface area contributed by atoms with Crippen molar-refractivity contribution in [3.63, 3.8) is 0 Å². The normalized spacial score (nSPS) is 24.8. The molecule has 1 heterocycles. The lowest BCUT2D eigenvalue weighted by atomic mass is 10.1. The number of rotatable bonds is 1. The van der Waals surface area contributed by atoms with E-state index in [0.717, 1.165) is 19.3 Å². The van der Waals surface area contributed by atoms with Crippen molar-refractivity contribution in [2.75, 3.05) is 6.54 Å². The van der Waals surface area contributed by atoms with Crippen LogP contribution in [-0.2, 0) is 14.6 Å². The van der Waals surface area contributed by atoms with E-state index in [9.17, 15) is 8.42 Å². The average molecular weight is 207 g/mol. The van der Waals surface area contributed by atoms with Crippen molar-refractivity contribution in [3.8, 4) is 0 Å². The maximum atomic E-state index is 10.4. The van der Waals surface area contributed by atoms with E-state index in [1.165, 1.54) is 0 Å². The molecule has 0 spiro atoms. The molecule has 13 heavy (non-hydrogen) atoms. The third-order valence-electron chi connectivity index (χ3n) is 1.93. The monoisotopic (exact) mass is 207 g/mol. The lowest BCUT2D eigenvalue weighted by Crippen LogP contribution is -2.18. The lowest BCUT2D eigenvalue weighted by molar-refractivity contribution is 0.368. The second kappa shape index (κ2) is 4.06. The molecule has 0 bridgehead atoms. The predicted molar refractivity (Wildman–Crippen MR) is 48.0 cm³/mol. The summed E-state index contributed by atoms with van der Waals surface area (Å²) in [6.45, 7) is 2.39. The van der Waals surface area contributed by atoms with E-state index >= 15 is 0 Å². The maximum absolute atomic E-state index is 10.4. The van der Waals surface area contributed by atoms with E-state index < -0.39 is 10.4 Å². The van der Waals surface area contributed by atoms with E-state index in [1.54, 1.807) is 0 Å². The van der Waals surface area contributed by atoms with Gasteiger partial charge in [-0.1, -0.05) is 13.3 Å². The third kappa shape index (κ3) is 3.73. The highest BCUT2D eigenvalue weighted by molar-refractivity contribution is 7.81. The van der Waals surface area contributed by atoms with Gasteiger partial charge >= 0.3 is 10.4 Å². The predicted octanol–water partition coefficient (Wildman–Crippen LogP) is 1.02. The summed E-state index contributed by atoms with van der Waals surface area (Å²) >= 11 is 0. The van der Waals surface area contributed by atoms with Crippen LogP contribution in [0.1, 0.15) is 26.2 Å². The quantitative estimate of drug-likeness (QED) is 0.651. The summed E-state index contributed by atoms with van der Waals surface area (Å²) in [6, 6.07) is 0. The zero-order chi connectivity index (χ0) is 9.90. The van der Waals surface area contributed by atoms with Crippen molar-refractivity contribution in [2.24, 2.45) is 10.9 Å². The average Bonchev–Trinajstić information content (AvgIpc) is 2.14. The van der Waals surface area contributed by atoms with Gasteiger partial charge in [-0.25, -0.2) is 0 Å². The molecule has 5 nitrogen and oxygen atoms in total. The molecule has 0 aromatic carbocycles. The lowest BCUT2D eigenvalue weighted by Gasteiger charge is -2.09. The summed E-state index contributed by atoms with van der Waals surface area (Å²) in [4.78, 5) is 3.94. The molecule has 1 N–H and O–H groups in total. The molecule has 1 aliphatic heterocycles. The maximum Gasteiger partial charge on any atom is 0.447 e. The summed E-state index contributed by atoms with van der Waals surface area (Å²) in [5.74, 6) is 0.0874. The van der Waals surface area contributed by atoms with Crippen LogP contribution in [0.2, 0.25) is 0 Å². The van der Waals surface area contributed by atoms with Crippen molar-refractivity contribution < 1.29 is 17.2 Å². The van der Waals surface area contributed by atoms with E-state index in [0.29, 0.717) is 6.54 Å². The van der Waals surface area contributed by atoms with Gasteiger partial charge in [-0.15, -0.1) is 0 Å². The molecule has 6 heteroatoms. The fraction of sp³-hybridized carbons (Fsp3) is 0.857. The van der Waals surface area contributed by atoms with Crippen LogP contribution in [0.4, 0.5) is 0 Å². The van der Waals surface area contributed by atoms with Gasteiger partial charge in [0.2, 0.25) is 5.90 Å². The largest absolute Gasteiger partial charge is 0.447 e. The van der Waals surface area contributed by atoms with Gasteiger partial charge in [-0.2, -0.15) is 8.42 Å². The minimum atomic E-state index is -4.40. The van der Waals surface area contributed by atoms with Crippen LogP contribution in [0, 0.1) is 5.92 Å². The minimum Gasteiger partial charge on any atom is -0.346 e. The molecule has 0 amide bonds. The molecule has 1 unspecified atom stereocenters. The molecule has 0 radical (unpaired) electrons. The molecule has 76 valence electrons. The Morgan fingerprint density at radius 2 is 2.23 bits per heavy atom. The summed E-state index contributed by atoms with van der Waals surface area (Å²) in [6.07, 6.45) is 2.78. The smallest absolute Gasteiger partial charge is 0.346 e. The molecular formula is C7H13NO4S. The van der Waals surface area contributed by atoms with Gasteiger partial charge in [0.1, 0.15) is 0 Å². The molecule has 0 saturated carbocycles. The SMILES string of the molecule is CC1CCCCN=C1OS(=O)(=O)O. The van der Waals surface area contributed by atoms with Gasteiger partial charge in [-0.05, 0) is 12.8 Å². The zero-order valence-electron chi connectivity index (χ0n) is 7.43. The van der Waals surface area contributed by atoms with Gasteiger partial charge in [0.05, 0.1) is 0 Å². The Bertz CT molecular complexity index is 296. The Morgan fingerprint density at radius 3 is 2.85 bits per heavy atom. The van der Waals surface area contributed by atoms with E-state index in [-0.39, 0.29) is 11.8 Å². The van der Waals surface area contributed by atoms with E-state index in [4.69, 9.17) is 4.55 Å². The Balaban J connectivity index is 2.70. The summed E-state index contributed by atoms with van der Waals surface area (Å²) in [5, 5.41) is 0. The van der Waals surface area contributed by atoms with Crippen molar-refractivity contribution in [1.82, 2.24) is 0 Å². The first-order chi connectivity index (χ1) is 5.99. The first-order valence-corrected chi connectivity index (χ1v) is 5.57. The van der Waals surface area contributed by atoms with E-state index in [2.05, 4.69) is 9.18 Å². The molecular weight excluding hydrogens is 194 g/mol. The summed E-state index contributed by atoms with van der Waals surface area (Å²) < 4.78 is 33.6. The third-order valence-corrected chi connectivity index (χ3v) is 2.31. The first-order valence-electron chi connectivity index (χ1n) is 4.20. The zero-order valence-corrected chi connectivity index (χ0v) is 8.25. The number of hydrogen-bond acceptors (Lipinski definition) is 4. The highest BCUT2D eigenvalue weighted by Gasteiger charge is 2.19. The molecule has 0 saturated heterocycles. The van der Waals surface area contributed by atoms with Crippen LogP contribution in [0.5, 0.6) is 0 Å². The Kier molecular flexibility index (Phi) is 3.27. The molecule has 0 aromatic rings. The Morgan fingerprint density at radius 1 is 1.54 bits per heavy atom. The van der Waals surface area contributed by atoms with Gasteiger partial charge < -0.3 is 4.18 Å². The van der Waals surface area contributed by atoms with Crippen molar-refractivity contribution in [1.29, 1.82) is 0 Å². The number of hydrogen-bond donors (Lipinski definition) is 1. The van der Waals surface area contributed by atoms with Crippen molar-refractivity contribution >= 4 is 16.3 Å². The molecule has 0 fully saturated rings. The molecule has 1 rings (SSSR count). The standard InChI is InChI=1S/C7H13NO4S/c1-6-4-2-3-5-8-7(6)12-13(9,10)11/h6H,2-5H2,1H3,(H,9,10,11). The fourth-order valence-corrected chi connectivity index (χ4v) is 1.68. The second-order valence-corrected chi connectivity index (χ2v) is 4.15. The van der Waals surface area contributed by atoms with Crippen LogP contribution in [0.3, 0.4) is 0 Å². The number of nitrogens with zero attached hydrogens (tertiary/aromatic N) is 1. The molecule has 1 atom stereocenters. The molecule has 1 aliphatic rings. The highest BCUT2D eigenvalue weighted by Crippen LogP contribution is 2.16. The van der Waals surface area contributed by atoms with Crippen LogP contribution in [-0.4, -0.2) is 25.4 Å². The van der Waals surface area contributed by atoms with Gasteiger partial charge in [-0.3, -0.25) is 9.55 Å². The fourth-order valence-electron chi connectivity index (χ4n) is 1.25. The Hall–Kier alpha value is -0.620. The van der Waals surface area contributed by atoms with Crippen LogP contribution >= 0.6 is 0 Å². The van der Waals surface area contributed by atoms with Crippen LogP contribution in [0.15, 0.2) is 4.99 Å². The Labute approximate surface area is 77.8 Å². The van der Waals surface area contributed by atoms with Crippen molar-refractivity contribution in [2.45, 2.75) is 26.2 Å². The van der Waals surface area contributed by atoms with Gasteiger partial charge in [0.15, 0.2) is 0 Å². The minimum absolute atomic E-state index is 0.0376. The topological polar surface area (TPSA) is 76.0 Å². The molecule has 0 aromatic heterocycles. The molecule has 0 aliphatic carbocycles. The summed E-state index contributed by atoms with van der Waals surface area (Å²) in [7, 11) is -4.40. The number of aliphatic imine (C=N–C) groups is 1.